The Balaban J connectivity index is 2.39. The van der Waals surface area contributed by atoms with Crippen LogP contribution in [0, 0.1) is 0 Å². The second-order valence-corrected chi connectivity index (χ2v) is 3.94. The fourth-order valence-corrected chi connectivity index (χ4v) is 1.47. The van der Waals surface area contributed by atoms with Crippen molar-refractivity contribution in [2.75, 3.05) is 19.8 Å². The Morgan fingerprint density at radius 2 is 2.26 bits per heavy atom. The normalized spacial score (nSPS) is 12.7. The van der Waals surface area contributed by atoms with Gasteiger partial charge in [0, 0.05) is 6.07 Å². The van der Waals surface area contributed by atoms with E-state index in [-0.39, 0.29) is 25.3 Å². The van der Waals surface area contributed by atoms with E-state index in [0.29, 0.717) is 6.61 Å². The maximum absolute atomic E-state index is 10.8. The number of aromatic nitrogens is 1. The molecule has 1 aromatic heterocycles. The number of hydrogen-bond acceptors (Lipinski definition) is 4. The molecule has 1 aromatic rings. The average molecular weight is 268 g/mol. The lowest BCUT2D eigenvalue weighted by Crippen LogP contribution is -2.41. The molecule has 3 N–H and O–H groups in total. The van der Waals surface area contributed by atoms with Crippen molar-refractivity contribution in [3.05, 3.63) is 42.2 Å². The smallest absolute Gasteiger partial charge is 0.341 e. The van der Waals surface area contributed by atoms with Gasteiger partial charge in [-0.15, -0.1) is 0 Å². The molecule has 0 saturated carbocycles. The number of nitrogens with zero attached hydrogens (tertiary/aromatic N) is 1. The van der Waals surface area contributed by atoms with Gasteiger partial charge in [-0.25, -0.2) is 9.36 Å². The minimum atomic E-state index is -1.01. The number of rotatable bonds is 8. The topological polar surface area (TPSA) is 90.9 Å². The largest absolute Gasteiger partial charge is 0.477 e. The number of aromatic carboxylic acids is 1. The van der Waals surface area contributed by atoms with Crippen molar-refractivity contribution in [2.24, 2.45) is 0 Å². The lowest BCUT2D eigenvalue weighted by Gasteiger charge is -2.07. The molecule has 0 aromatic carbocycles. The van der Waals surface area contributed by atoms with Gasteiger partial charge in [-0.05, 0) is 6.07 Å². The van der Waals surface area contributed by atoms with Gasteiger partial charge < -0.3 is 20.1 Å². The Kier molecular flexibility index (Phi) is 6.73. The fourth-order valence-electron chi connectivity index (χ4n) is 1.47. The third kappa shape index (κ3) is 6.10. The monoisotopic (exact) mass is 268 g/mol. The van der Waals surface area contributed by atoms with Crippen molar-refractivity contribution in [3.8, 4) is 0 Å². The number of carbonyl (C=O) groups is 1. The zero-order valence-corrected chi connectivity index (χ0v) is 10.5. The van der Waals surface area contributed by atoms with Gasteiger partial charge in [0.05, 0.1) is 19.8 Å². The van der Waals surface area contributed by atoms with E-state index in [4.69, 9.17) is 14.9 Å². The van der Waals surface area contributed by atoms with E-state index < -0.39 is 12.1 Å². The fraction of sp³-hybridized carbons (Fsp3) is 0.385. The number of hydrogen-bond donors (Lipinski definition) is 3. The molecule has 6 heteroatoms. The molecule has 19 heavy (non-hydrogen) atoms. The van der Waals surface area contributed by atoms with Gasteiger partial charge in [0.15, 0.2) is 18.9 Å². The van der Waals surface area contributed by atoms with Gasteiger partial charge >= 0.3 is 5.97 Å². The maximum Gasteiger partial charge on any atom is 0.341 e. The minimum absolute atomic E-state index is 0.0380. The Labute approximate surface area is 111 Å². The molecule has 0 bridgehead atoms. The first kappa shape index (κ1) is 15.3. The molecule has 0 amide bonds. The number of pyridine rings is 1. The van der Waals surface area contributed by atoms with Crippen LogP contribution in [0.5, 0.6) is 0 Å². The van der Waals surface area contributed by atoms with E-state index in [2.05, 4.69) is 0 Å². The van der Waals surface area contributed by atoms with E-state index in [1.807, 2.05) is 0 Å². The van der Waals surface area contributed by atoms with Gasteiger partial charge in [-0.3, -0.25) is 0 Å². The van der Waals surface area contributed by atoms with Crippen LogP contribution in [0.3, 0.4) is 0 Å². The van der Waals surface area contributed by atoms with Crippen molar-refractivity contribution in [2.45, 2.75) is 12.6 Å². The summed E-state index contributed by atoms with van der Waals surface area (Å²) < 4.78 is 6.77. The van der Waals surface area contributed by atoms with Crippen molar-refractivity contribution in [3.63, 3.8) is 0 Å². The van der Waals surface area contributed by atoms with Crippen LogP contribution in [-0.2, 0) is 11.3 Å². The van der Waals surface area contributed by atoms with E-state index >= 15 is 0 Å². The van der Waals surface area contributed by atoms with Gasteiger partial charge in [0.25, 0.3) is 0 Å². The van der Waals surface area contributed by atoms with Gasteiger partial charge in [-0.1, -0.05) is 12.2 Å². The molecule has 0 aliphatic heterocycles. The van der Waals surface area contributed by atoms with Crippen molar-refractivity contribution >= 4 is 5.97 Å². The third-order valence-electron chi connectivity index (χ3n) is 2.32. The summed E-state index contributed by atoms with van der Waals surface area (Å²) in [6.45, 7) is 0.673. The molecule has 1 rings (SSSR count). The van der Waals surface area contributed by atoms with Crippen molar-refractivity contribution in [1.29, 1.82) is 0 Å². The molecule has 6 nitrogen and oxygen atoms in total. The lowest BCUT2D eigenvalue weighted by molar-refractivity contribution is -0.704. The number of aliphatic hydroxyl groups is 2. The van der Waals surface area contributed by atoms with Crippen LogP contribution in [0.2, 0.25) is 0 Å². The quantitative estimate of drug-likeness (QED) is 0.339. The highest BCUT2D eigenvalue weighted by molar-refractivity contribution is 5.86. The summed E-state index contributed by atoms with van der Waals surface area (Å²) in [5.74, 6) is -1.01. The summed E-state index contributed by atoms with van der Waals surface area (Å²) in [6, 6.07) is 3.10. The van der Waals surface area contributed by atoms with Crippen molar-refractivity contribution in [1.82, 2.24) is 0 Å². The SMILES string of the molecule is O=C(O)c1ccc[n+](CC(O)COC/C=C/CO)c1. The molecule has 104 valence electrons. The van der Waals surface area contributed by atoms with Crippen LogP contribution in [0.25, 0.3) is 0 Å². The van der Waals surface area contributed by atoms with E-state index in [0.717, 1.165) is 0 Å². The van der Waals surface area contributed by atoms with Crippen LogP contribution in [0.1, 0.15) is 10.4 Å². The highest BCUT2D eigenvalue weighted by Gasteiger charge is 2.13. The lowest BCUT2D eigenvalue weighted by atomic mass is 10.3. The second kappa shape index (κ2) is 8.36. The molecular weight excluding hydrogens is 250 g/mol. The van der Waals surface area contributed by atoms with E-state index in [1.54, 1.807) is 29.0 Å². The summed E-state index contributed by atoms with van der Waals surface area (Å²) >= 11 is 0. The summed E-state index contributed by atoms with van der Waals surface area (Å²) in [6.07, 6.45) is 5.62. The number of ether oxygens (including phenoxy) is 1. The minimum Gasteiger partial charge on any atom is -0.477 e. The molecular formula is C13H18NO5+. The third-order valence-corrected chi connectivity index (χ3v) is 2.32. The maximum atomic E-state index is 10.8. The molecule has 1 atom stereocenters. The highest BCUT2D eigenvalue weighted by atomic mass is 16.5. The highest BCUT2D eigenvalue weighted by Crippen LogP contribution is 1.95. The molecule has 1 heterocycles. The molecule has 0 spiro atoms. The predicted octanol–water partition coefficient (Wildman–Crippen LogP) is -0.402. The summed E-state index contributed by atoms with van der Waals surface area (Å²) in [5.41, 5.74) is 0.168. The zero-order valence-electron chi connectivity index (χ0n) is 10.5. The van der Waals surface area contributed by atoms with Gasteiger partial charge in [0.2, 0.25) is 0 Å². The summed E-state index contributed by atoms with van der Waals surface area (Å²) in [5, 5.41) is 27.1. The number of aliphatic hydroxyl groups excluding tert-OH is 2. The summed E-state index contributed by atoms with van der Waals surface area (Å²) in [7, 11) is 0. The van der Waals surface area contributed by atoms with Crippen LogP contribution in [-0.4, -0.2) is 47.2 Å². The number of carboxylic acid groups (broad SMARTS) is 1. The second-order valence-electron chi connectivity index (χ2n) is 3.94. The Hall–Kier alpha value is -1.76. The zero-order chi connectivity index (χ0) is 14.1. The predicted molar refractivity (Wildman–Crippen MR) is 66.6 cm³/mol. The van der Waals surface area contributed by atoms with E-state index in [9.17, 15) is 9.90 Å². The van der Waals surface area contributed by atoms with Crippen molar-refractivity contribution < 1.29 is 29.4 Å². The van der Waals surface area contributed by atoms with Gasteiger partial charge in [-0.2, -0.15) is 0 Å². The van der Waals surface area contributed by atoms with Crippen LogP contribution >= 0.6 is 0 Å². The van der Waals surface area contributed by atoms with Gasteiger partial charge in [0.1, 0.15) is 11.7 Å². The molecule has 0 aliphatic rings. The first-order valence-electron chi connectivity index (χ1n) is 5.87. The molecule has 0 aliphatic carbocycles. The summed E-state index contributed by atoms with van der Waals surface area (Å²) in [4.78, 5) is 10.8. The average Bonchev–Trinajstić information content (AvgIpc) is 2.38. The Morgan fingerprint density at radius 1 is 1.47 bits per heavy atom. The molecule has 0 fully saturated rings. The molecule has 0 radical (unpaired) electrons. The van der Waals surface area contributed by atoms with Crippen LogP contribution < -0.4 is 4.57 Å². The molecule has 0 saturated heterocycles. The number of carboxylic acids is 1. The van der Waals surface area contributed by atoms with Crippen LogP contribution in [0.4, 0.5) is 0 Å². The Bertz CT molecular complexity index is 433. The first-order valence-corrected chi connectivity index (χ1v) is 5.87. The standard InChI is InChI=1S/C13H17NO5/c15-6-1-2-7-19-10-12(16)9-14-5-3-4-11(8-14)13(17)18/h1-5,8,12,15-16H,6-7,9-10H2/p+1/b2-1+. The van der Waals surface area contributed by atoms with E-state index in [1.165, 1.54) is 12.3 Å². The first-order chi connectivity index (χ1) is 9.13. The van der Waals surface area contributed by atoms with Crippen LogP contribution in [0.15, 0.2) is 36.7 Å². The Morgan fingerprint density at radius 3 is 2.95 bits per heavy atom. The molecule has 1 unspecified atom stereocenters.